The molecule has 8 aromatic carbocycles. The third kappa shape index (κ3) is 3.69. The van der Waals surface area contributed by atoms with Crippen molar-refractivity contribution < 1.29 is 0 Å². The molecule has 0 spiro atoms. The number of benzene rings is 8. The zero-order valence-corrected chi connectivity index (χ0v) is 28.1. The molecule has 0 aliphatic carbocycles. The van der Waals surface area contributed by atoms with E-state index in [4.69, 9.17) is 4.98 Å². The van der Waals surface area contributed by atoms with Gasteiger partial charge in [-0.25, -0.2) is 4.98 Å². The molecule has 3 nitrogen and oxygen atoms in total. The number of nitrogens with zero attached hydrogens (tertiary/aromatic N) is 2. The first-order chi connectivity index (χ1) is 25.3. The van der Waals surface area contributed by atoms with Crippen LogP contribution < -0.4 is 0 Å². The third-order valence-corrected chi connectivity index (χ3v) is 12.2. The molecule has 12 aromatic rings. The number of hydrogen-bond acceptors (Lipinski definition) is 2. The fourth-order valence-electron chi connectivity index (χ4n) is 8.71. The van der Waals surface area contributed by atoms with Crippen LogP contribution in [0.4, 0.5) is 0 Å². The molecule has 0 saturated heterocycles. The number of thiophene rings is 1. The summed E-state index contributed by atoms with van der Waals surface area (Å²) in [7, 11) is 0. The number of fused-ring (bicyclic) bond motifs is 16. The van der Waals surface area contributed by atoms with Crippen molar-refractivity contribution in [3.8, 4) is 16.9 Å². The van der Waals surface area contributed by atoms with E-state index in [2.05, 4.69) is 161 Å². The van der Waals surface area contributed by atoms with E-state index in [1.807, 2.05) is 17.5 Å². The van der Waals surface area contributed by atoms with Gasteiger partial charge in [-0.2, -0.15) is 0 Å². The Hall–Kier alpha value is -6.49. The molecule has 0 aliphatic rings. The molecule has 0 aliphatic heterocycles. The van der Waals surface area contributed by atoms with Crippen molar-refractivity contribution >= 4 is 107 Å². The largest absolute Gasteiger partial charge is 0.353 e. The highest BCUT2D eigenvalue weighted by Gasteiger charge is 2.21. The topological polar surface area (TPSA) is 33.6 Å². The minimum absolute atomic E-state index is 0.969. The smallest absolute Gasteiger partial charge is 0.155 e. The molecule has 4 aromatic heterocycles. The Balaban J connectivity index is 1.10. The number of pyridine rings is 1. The van der Waals surface area contributed by atoms with Gasteiger partial charge in [-0.1, -0.05) is 115 Å². The highest BCUT2D eigenvalue weighted by Crippen LogP contribution is 2.44. The molecule has 1 N–H and O–H groups in total. The first-order valence-electron chi connectivity index (χ1n) is 17.4. The average Bonchev–Trinajstić information content (AvgIpc) is 3.87. The summed E-state index contributed by atoms with van der Waals surface area (Å²) in [4.78, 5) is 8.91. The number of aromatic nitrogens is 3. The summed E-state index contributed by atoms with van der Waals surface area (Å²) < 4.78 is 4.84. The summed E-state index contributed by atoms with van der Waals surface area (Å²) in [6, 6.07) is 55.6. The average molecular weight is 666 g/mol. The van der Waals surface area contributed by atoms with Crippen LogP contribution in [0.1, 0.15) is 0 Å². The second kappa shape index (κ2) is 10.0. The molecule has 0 amide bonds. The van der Waals surface area contributed by atoms with Crippen LogP contribution in [0, 0.1) is 0 Å². The number of rotatable bonds is 2. The monoisotopic (exact) mass is 665 g/mol. The molecule has 0 saturated carbocycles. The Kier molecular flexibility index (Phi) is 5.38. The van der Waals surface area contributed by atoms with Crippen molar-refractivity contribution in [2.75, 3.05) is 0 Å². The summed E-state index contributed by atoms with van der Waals surface area (Å²) in [5, 5.41) is 15.2. The van der Waals surface area contributed by atoms with Crippen molar-refractivity contribution in [1.29, 1.82) is 0 Å². The van der Waals surface area contributed by atoms with Gasteiger partial charge in [0.2, 0.25) is 0 Å². The van der Waals surface area contributed by atoms with E-state index in [0.29, 0.717) is 0 Å². The molecule has 0 unspecified atom stereocenters. The zero-order chi connectivity index (χ0) is 33.2. The quantitative estimate of drug-likeness (QED) is 0.183. The van der Waals surface area contributed by atoms with Crippen LogP contribution in [0.15, 0.2) is 158 Å². The van der Waals surface area contributed by atoms with Gasteiger partial charge in [0.05, 0.1) is 21.3 Å². The Labute approximate surface area is 295 Å². The Morgan fingerprint density at radius 3 is 1.82 bits per heavy atom. The number of hydrogen-bond donors (Lipinski definition) is 1. The number of aromatic amines is 1. The predicted molar refractivity (Wildman–Crippen MR) is 219 cm³/mol. The SMILES string of the molecule is c1ccc2c(c1)[nH]c1c2ccc2c3ccccc3n(-c3nccc4c3sc3ccc(-c5ccc6c7ccccc7c7ccccc7c6c5)cc34)c21. The van der Waals surface area contributed by atoms with Crippen molar-refractivity contribution in [2.45, 2.75) is 0 Å². The lowest BCUT2D eigenvalue weighted by Gasteiger charge is -2.12. The van der Waals surface area contributed by atoms with Gasteiger partial charge in [0.1, 0.15) is 0 Å². The van der Waals surface area contributed by atoms with Crippen LogP contribution in [-0.4, -0.2) is 14.5 Å². The molecule has 0 bridgehead atoms. The molecule has 12 rings (SSSR count). The minimum atomic E-state index is 0.969. The van der Waals surface area contributed by atoms with Crippen molar-refractivity contribution in [2.24, 2.45) is 0 Å². The van der Waals surface area contributed by atoms with Gasteiger partial charge in [0, 0.05) is 48.7 Å². The number of para-hydroxylation sites is 2. The molecular weight excluding hydrogens is 639 g/mol. The summed E-state index contributed by atoms with van der Waals surface area (Å²) >= 11 is 1.83. The zero-order valence-electron chi connectivity index (χ0n) is 27.3. The van der Waals surface area contributed by atoms with E-state index in [1.54, 1.807) is 0 Å². The molecule has 51 heavy (non-hydrogen) atoms. The van der Waals surface area contributed by atoms with Crippen molar-refractivity contribution in [1.82, 2.24) is 14.5 Å². The van der Waals surface area contributed by atoms with Crippen LogP contribution in [0.2, 0.25) is 0 Å². The summed E-state index contributed by atoms with van der Waals surface area (Å²) in [6.45, 7) is 0. The normalized spacial score (nSPS) is 12.3. The van der Waals surface area contributed by atoms with E-state index in [9.17, 15) is 0 Å². The Bertz CT molecular complexity index is 3400. The predicted octanol–water partition coefficient (Wildman–Crippen LogP) is 13.3. The van der Waals surface area contributed by atoms with Gasteiger partial charge >= 0.3 is 0 Å². The lowest BCUT2D eigenvalue weighted by atomic mass is 9.92. The summed E-state index contributed by atoms with van der Waals surface area (Å²) in [6.07, 6.45) is 1.98. The maximum Gasteiger partial charge on any atom is 0.155 e. The van der Waals surface area contributed by atoms with Crippen LogP contribution in [0.25, 0.3) is 113 Å². The fraction of sp³-hybridized carbons (Fsp3) is 0. The summed E-state index contributed by atoms with van der Waals surface area (Å²) in [5.74, 6) is 0.969. The highest BCUT2D eigenvalue weighted by atomic mass is 32.1. The van der Waals surface area contributed by atoms with Gasteiger partial charge in [-0.3, -0.25) is 4.57 Å². The fourth-order valence-corrected chi connectivity index (χ4v) is 9.86. The van der Waals surface area contributed by atoms with Crippen LogP contribution >= 0.6 is 11.3 Å². The summed E-state index contributed by atoms with van der Waals surface area (Å²) in [5.41, 5.74) is 7.06. The van der Waals surface area contributed by atoms with Gasteiger partial charge in [0.25, 0.3) is 0 Å². The van der Waals surface area contributed by atoms with Gasteiger partial charge in [-0.15, -0.1) is 11.3 Å². The molecule has 4 heteroatoms. The van der Waals surface area contributed by atoms with Crippen LogP contribution in [0.5, 0.6) is 0 Å². The molecular formula is C47H27N3S. The second-order valence-electron chi connectivity index (χ2n) is 13.6. The standard InChI is InChI=1S/C47H27N3S/c1-2-11-31-29(9-1)30-10-3-4-12-32(30)39-25-27(17-19-33(31)39)28-18-22-43-40(26-28)38-23-24-48-47(46(38)51-43)50-42-16-8-6-14-35(42)37-21-20-36-34-13-5-7-15-41(34)49-44(36)45(37)50/h1-26,49H. The van der Waals surface area contributed by atoms with Crippen molar-refractivity contribution in [3.05, 3.63) is 158 Å². The van der Waals surface area contributed by atoms with E-state index in [1.165, 1.54) is 90.7 Å². The van der Waals surface area contributed by atoms with Crippen molar-refractivity contribution in [3.63, 3.8) is 0 Å². The van der Waals surface area contributed by atoms with Gasteiger partial charge < -0.3 is 4.98 Å². The number of nitrogens with one attached hydrogen (secondary N) is 1. The van der Waals surface area contributed by atoms with Gasteiger partial charge in [0.15, 0.2) is 5.82 Å². The van der Waals surface area contributed by atoms with E-state index < -0.39 is 0 Å². The molecule has 0 atom stereocenters. The molecule has 0 radical (unpaired) electrons. The Morgan fingerprint density at radius 2 is 1.04 bits per heavy atom. The molecule has 0 fully saturated rings. The van der Waals surface area contributed by atoms with E-state index in [-0.39, 0.29) is 0 Å². The highest BCUT2D eigenvalue weighted by molar-refractivity contribution is 7.26. The molecule has 4 heterocycles. The molecule has 236 valence electrons. The maximum atomic E-state index is 5.13. The third-order valence-electron chi connectivity index (χ3n) is 11.0. The maximum absolute atomic E-state index is 5.13. The minimum Gasteiger partial charge on any atom is -0.353 e. The lowest BCUT2D eigenvalue weighted by molar-refractivity contribution is 1.11. The van der Waals surface area contributed by atoms with Crippen LogP contribution in [-0.2, 0) is 0 Å². The second-order valence-corrected chi connectivity index (χ2v) is 14.6. The first kappa shape index (κ1) is 27.3. The van der Waals surface area contributed by atoms with Crippen LogP contribution in [0.3, 0.4) is 0 Å². The first-order valence-corrected chi connectivity index (χ1v) is 18.2. The van der Waals surface area contributed by atoms with E-state index >= 15 is 0 Å². The van der Waals surface area contributed by atoms with Gasteiger partial charge in [-0.05, 0) is 79.8 Å². The Morgan fingerprint density at radius 1 is 0.451 bits per heavy atom. The number of H-pyrrole nitrogens is 1. The van der Waals surface area contributed by atoms with E-state index in [0.717, 1.165) is 22.4 Å². The lowest BCUT2D eigenvalue weighted by Crippen LogP contribution is -1.97.